The molecule has 2 aromatic carbocycles. The second-order valence-corrected chi connectivity index (χ2v) is 6.68. The minimum Gasteiger partial charge on any atom is -0.478 e. The van der Waals surface area contributed by atoms with Crippen LogP contribution in [0.15, 0.2) is 48.5 Å². The summed E-state index contributed by atoms with van der Waals surface area (Å²) >= 11 is 5.85. The van der Waals surface area contributed by atoms with Crippen molar-refractivity contribution < 1.29 is 9.90 Å². The highest BCUT2D eigenvalue weighted by molar-refractivity contribution is 6.30. The topological polar surface area (TPSA) is 37.3 Å². The fourth-order valence-corrected chi connectivity index (χ4v) is 2.27. The molecule has 0 atom stereocenters. The van der Waals surface area contributed by atoms with Crippen LogP contribution in [-0.2, 0) is 10.2 Å². The molecular weight excluding hydrogens is 296 g/mol. The van der Waals surface area contributed by atoms with Crippen molar-refractivity contribution in [2.24, 2.45) is 0 Å². The molecule has 0 fully saturated rings. The van der Waals surface area contributed by atoms with Gasteiger partial charge in [-0.2, -0.15) is 0 Å². The molecule has 0 bridgehead atoms. The number of hydrogen-bond donors (Lipinski definition) is 1. The van der Waals surface area contributed by atoms with Crippen LogP contribution in [0.1, 0.15) is 37.5 Å². The number of carboxylic acids is 1. The number of rotatable bonds is 3. The molecule has 0 aliphatic heterocycles. The Balaban J connectivity index is 2.38. The molecule has 0 aromatic heterocycles. The van der Waals surface area contributed by atoms with Gasteiger partial charge in [0.15, 0.2) is 0 Å². The van der Waals surface area contributed by atoms with Gasteiger partial charge in [-0.1, -0.05) is 68.8 Å². The molecule has 0 aliphatic carbocycles. The fourth-order valence-electron chi connectivity index (χ4n) is 2.14. The molecule has 0 saturated heterocycles. The van der Waals surface area contributed by atoms with Crippen molar-refractivity contribution in [3.8, 4) is 0 Å². The lowest BCUT2D eigenvalue weighted by molar-refractivity contribution is -0.130. The van der Waals surface area contributed by atoms with Crippen molar-refractivity contribution in [3.05, 3.63) is 70.2 Å². The lowest BCUT2D eigenvalue weighted by Gasteiger charge is -2.18. The van der Waals surface area contributed by atoms with E-state index >= 15 is 0 Å². The number of hydrogen-bond acceptors (Lipinski definition) is 1. The van der Waals surface area contributed by atoms with Crippen LogP contribution >= 0.6 is 11.6 Å². The molecule has 0 spiro atoms. The number of aliphatic carboxylic acids is 1. The molecule has 0 saturated carbocycles. The zero-order chi connectivity index (χ0) is 16.3. The first-order chi connectivity index (χ1) is 10.3. The third-order valence-electron chi connectivity index (χ3n) is 3.47. The highest BCUT2D eigenvalue weighted by Gasteiger charge is 2.14. The van der Waals surface area contributed by atoms with Crippen LogP contribution in [0.3, 0.4) is 0 Å². The third kappa shape index (κ3) is 3.99. The second-order valence-electron chi connectivity index (χ2n) is 6.24. The van der Waals surface area contributed by atoms with E-state index in [1.165, 1.54) is 5.56 Å². The predicted molar refractivity (Wildman–Crippen MR) is 92.1 cm³/mol. The fraction of sp³-hybridized carbons (Fsp3) is 0.211. The van der Waals surface area contributed by atoms with Gasteiger partial charge in [0.25, 0.3) is 0 Å². The van der Waals surface area contributed by atoms with Crippen LogP contribution in [0.2, 0.25) is 5.02 Å². The largest absolute Gasteiger partial charge is 0.478 e. The van der Waals surface area contributed by atoms with E-state index in [9.17, 15) is 9.90 Å². The molecular formula is C19H19ClO2. The van der Waals surface area contributed by atoms with Gasteiger partial charge >= 0.3 is 5.97 Å². The minimum absolute atomic E-state index is 0.0774. The Bertz CT molecular complexity index is 690. The van der Waals surface area contributed by atoms with Crippen molar-refractivity contribution in [1.29, 1.82) is 0 Å². The highest BCUT2D eigenvalue weighted by Crippen LogP contribution is 2.24. The zero-order valence-corrected chi connectivity index (χ0v) is 13.7. The molecule has 3 heteroatoms. The summed E-state index contributed by atoms with van der Waals surface area (Å²) < 4.78 is 0. The molecule has 2 nitrogen and oxygen atoms in total. The van der Waals surface area contributed by atoms with Crippen molar-refractivity contribution >= 4 is 29.2 Å². The summed E-state index contributed by atoms with van der Waals surface area (Å²) in [5.74, 6) is -0.956. The van der Waals surface area contributed by atoms with Gasteiger partial charge in [0.05, 0.1) is 5.57 Å². The summed E-state index contributed by atoms with van der Waals surface area (Å²) in [6.45, 7) is 6.44. The lowest BCUT2D eigenvalue weighted by atomic mass is 9.86. The monoisotopic (exact) mass is 314 g/mol. The Morgan fingerprint density at radius 1 is 1.00 bits per heavy atom. The number of carboxylic acid groups (broad SMARTS) is 1. The second kappa shape index (κ2) is 6.37. The SMILES string of the molecule is CC(C)(C)c1ccc(/C=C(\C(=O)O)c2ccc(Cl)cc2)cc1. The first-order valence-corrected chi connectivity index (χ1v) is 7.46. The first-order valence-electron chi connectivity index (χ1n) is 7.09. The molecule has 114 valence electrons. The lowest BCUT2D eigenvalue weighted by Crippen LogP contribution is -2.10. The van der Waals surface area contributed by atoms with E-state index in [-0.39, 0.29) is 11.0 Å². The molecule has 0 radical (unpaired) electrons. The van der Waals surface area contributed by atoms with Crippen molar-refractivity contribution in [1.82, 2.24) is 0 Å². The maximum Gasteiger partial charge on any atom is 0.336 e. The predicted octanol–water partition coefficient (Wildman–Crippen LogP) is 5.26. The Hall–Kier alpha value is -2.06. The van der Waals surface area contributed by atoms with Crippen LogP contribution in [-0.4, -0.2) is 11.1 Å². The summed E-state index contributed by atoms with van der Waals surface area (Å²) in [5, 5.41) is 10.0. The molecule has 0 aliphatic rings. The summed E-state index contributed by atoms with van der Waals surface area (Å²) in [5.41, 5.74) is 3.04. The van der Waals surface area contributed by atoms with Gasteiger partial charge in [0, 0.05) is 5.02 Å². The van der Waals surface area contributed by atoms with Crippen LogP contribution < -0.4 is 0 Å². The van der Waals surface area contributed by atoms with Crippen LogP contribution in [0.5, 0.6) is 0 Å². The van der Waals surface area contributed by atoms with Crippen LogP contribution in [0, 0.1) is 0 Å². The van der Waals surface area contributed by atoms with E-state index in [1.807, 2.05) is 24.3 Å². The van der Waals surface area contributed by atoms with Crippen LogP contribution in [0.25, 0.3) is 11.6 Å². The quantitative estimate of drug-likeness (QED) is 0.619. The van der Waals surface area contributed by atoms with Gasteiger partial charge in [-0.15, -0.1) is 0 Å². The maximum atomic E-state index is 11.5. The van der Waals surface area contributed by atoms with E-state index in [0.29, 0.717) is 10.6 Å². The van der Waals surface area contributed by atoms with Gasteiger partial charge in [0.2, 0.25) is 0 Å². The van der Waals surface area contributed by atoms with Crippen molar-refractivity contribution in [3.63, 3.8) is 0 Å². The summed E-state index contributed by atoms with van der Waals surface area (Å²) in [6.07, 6.45) is 1.68. The highest BCUT2D eigenvalue weighted by atomic mass is 35.5. The Morgan fingerprint density at radius 2 is 1.55 bits per heavy atom. The molecule has 1 N–H and O–H groups in total. The van der Waals surface area contributed by atoms with E-state index in [2.05, 4.69) is 20.8 Å². The Labute approximate surface area is 136 Å². The van der Waals surface area contributed by atoms with Crippen LogP contribution in [0.4, 0.5) is 0 Å². The average Bonchev–Trinajstić information content (AvgIpc) is 2.45. The molecule has 2 rings (SSSR count). The van der Waals surface area contributed by atoms with Gasteiger partial charge < -0.3 is 5.11 Å². The van der Waals surface area contributed by atoms with Gasteiger partial charge in [-0.3, -0.25) is 0 Å². The number of carbonyl (C=O) groups is 1. The minimum atomic E-state index is -0.956. The van der Waals surface area contributed by atoms with Gasteiger partial charge in [-0.25, -0.2) is 4.79 Å². The van der Waals surface area contributed by atoms with Crippen molar-refractivity contribution in [2.45, 2.75) is 26.2 Å². The van der Waals surface area contributed by atoms with Gasteiger partial charge in [-0.05, 0) is 40.3 Å². The van der Waals surface area contributed by atoms with E-state index in [4.69, 9.17) is 11.6 Å². The van der Waals surface area contributed by atoms with E-state index in [1.54, 1.807) is 30.3 Å². The van der Waals surface area contributed by atoms with E-state index < -0.39 is 5.97 Å². The Kier molecular flexibility index (Phi) is 4.72. The zero-order valence-electron chi connectivity index (χ0n) is 12.9. The summed E-state index contributed by atoms with van der Waals surface area (Å²) in [7, 11) is 0. The molecule has 2 aromatic rings. The maximum absolute atomic E-state index is 11.5. The molecule has 0 unspecified atom stereocenters. The number of benzene rings is 2. The molecule has 22 heavy (non-hydrogen) atoms. The average molecular weight is 315 g/mol. The normalized spacial score (nSPS) is 12.3. The third-order valence-corrected chi connectivity index (χ3v) is 3.73. The summed E-state index contributed by atoms with van der Waals surface area (Å²) in [6, 6.07) is 14.8. The standard InChI is InChI=1S/C19H19ClO2/c1-19(2,3)15-8-4-13(5-9-15)12-17(18(21)22)14-6-10-16(20)11-7-14/h4-12H,1-3H3,(H,21,22)/b17-12-. The Morgan fingerprint density at radius 3 is 2.00 bits per heavy atom. The molecule has 0 heterocycles. The van der Waals surface area contributed by atoms with Gasteiger partial charge in [0.1, 0.15) is 0 Å². The van der Waals surface area contributed by atoms with Crippen molar-refractivity contribution in [2.75, 3.05) is 0 Å². The first kappa shape index (κ1) is 16.3. The summed E-state index contributed by atoms with van der Waals surface area (Å²) in [4.78, 5) is 11.5. The number of halogens is 1. The smallest absolute Gasteiger partial charge is 0.336 e. The van der Waals surface area contributed by atoms with E-state index in [0.717, 1.165) is 5.56 Å². The molecule has 0 amide bonds.